The Balaban J connectivity index is 1.80. The Hall–Kier alpha value is -2.01. The predicted octanol–water partition coefficient (Wildman–Crippen LogP) is 1.46. The maximum atomic E-state index is 8.88. The summed E-state index contributed by atoms with van der Waals surface area (Å²) in [4.78, 5) is 4.02. The molecule has 5 heteroatoms. The molecule has 18 heavy (non-hydrogen) atoms. The summed E-state index contributed by atoms with van der Waals surface area (Å²) in [7, 11) is 1.63. The molecule has 5 nitrogen and oxygen atoms in total. The third-order valence-corrected chi connectivity index (χ3v) is 2.53. The quantitative estimate of drug-likeness (QED) is 0.841. The first-order chi connectivity index (χ1) is 8.81. The monoisotopic (exact) mass is 248 g/mol. The van der Waals surface area contributed by atoms with Crippen molar-refractivity contribution in [2.45, 2.75) is 13.2 Å². The highest BCUT2D eigenvalue weighted by Gasteiger charge is 1.98. The Morgan fingerprint density at radius 2 is 1.94 bits per heavy atom. The maximum Gasteiger partial charge on any atom is 0.119 e. The van der Waals surface area contributed by atoms with Crippen molar-refractivity contribution in [3.05, 3.63) is 42.5 Å². The minimum Gasteiger partial charge on any atom is -0.497 e. The summed E-state index contributed by atoms with van der Waals surface area (Å²) in [6.45, 7) is 1.21. The van der Waals surface area contributed by atoms with Crippen molar-refractivity contribution in [3.63, 3.8) is 0 Å². The van der Waals surface area contributed by atoms with Crippen LogP contribution in [0.25, 0.3) is 0 Å². The first-order valence-electron chi connectivity index (χ1n) is 5.70. The van der Waals surface area contributed by atoms with E-state index < -0.39 is 0 Å². The fourth-order valence-electron chi connectivity index (χ4n) is 1.55. The lowest BCUT2D eigenvalue weighted by Gasteiger charge is -2.07. The number of nitrogens with zero attached hydrogens (tertiary/aromatic N) is 2. The lowest BCUT2D eigenvalue weighted by Crippen LogP contribution is -2.06. The smallest absolute Gasteiger partial charge is 0.119 e. The molecule has 0 bridgehead atoms. The van der Waals surface area contributed by atoms with Crippen molar-refractivity contribution < 1.29 is 14.6 Å². The van der Waals surface area contributed by atoms with Gasteiger partial charge in [-0.15, -0.1) is 0 Å². The van der Waals surface area contributed by atoms with Crippen molar-refractivity contribution in [1.82, 2.24) is 9.55 Å². The molecule has 0 spiro atoms. The van der Waals surface area contributed by atoms with Gasteiger partial charge in [-0.3, -0.25) is 0 Å². The van der Waals surface area contributed by atoms with E-state index in [-0.39, 0.29) is 6.61 Å². The van der Waals surface area contributed by atoms with Crippen LogP contribution >= 0.6 is 0 Å². The molecule has 96 valence electrons. The summed E-state index contributed by atoms with van der Waals surface area (Å²) < 4.78 is 12.5. The highest BCUT2D eigenvalue weighted by molar-refractivity contribution is 5.31. The van der Waals surface area contributed by atoms with E-state index in [1.54, 1.807) is 19.6 Å². The van der Waals surface area contributed by atoms with Crippen LogP contribution in [0.1, 0.15) is 5.69 Å². The van der Waals surface area contributed by atoms with Crippen LogP contribution in [0.4, 0.5) is 0 Å². The number of methoxy groups -OCH3 is 1. The Kier molecular flexibility index (Phi) is 4.20. The first-order valence-corrected chi connectivity index (χ1v) is 5.70. The number of benzene rings is 1. The number of hydrogen-bond acceptors (Lipinski definition) is 4. The van der Waals surface area contributed by atoms with Crippen molar-refractivity contribution in [2.24, 2.45) is 0 Å². The Morgan fingerprint density at radius 3 is 2.56 bits per heavy atom. The molecule has 0 saturated heterocycles. The van der Waals surface area contributed by atoms with Gasteiger partial charge in [-0.1, -0.05) is 0 Å². The molecule has 0 aliphatic carbocycles. The molecule has 0 radical (unpaired) electrons. The summed E-state index contributed by atoms with van der Waals surface area (Å²) in [5, 5.41) is 8.88. The molecule has 1 aromatic heterocycles. The van der Waals surface area contributed by atoms with Gasteiger partial charge in [0.1, 0.15) is 18.1 Å². The molecule has 0 saturated carbocycles. The van der Waals surface area contributed by atoms with E-state index >= 15 is 0 Å². The van der Waals surface area contributed by atoms with E-state index in [0.717, 1.165) is 11.5 Å². The summed E-state index contributed by atoms with van der Waals surface area (Å²) in [5.74, 6) is 1.61. The standard InChI is InChI=1S/C13H16N2O3/c1-17-12-2-4-13(5-3-12)18-7-6-15-8-11(9-16)14-10-15/h2-5,8,10,16H,6-7,9H2,1H3. The molecule has 2 rings (SSSR count). The molecule has 0 aliphatic rings. The molecule has 1 aromatic carbocycles. The summed E-state index contributed by atoms with van der Waals surface area (Å²) in [6, 6.07) is 7.45. The highest BCUT2D eigenvalue weighted by atomic mass is 16.5. The van der Waals surface area contributed by atoms with Crippen LogP contribution in [0.2, 0.25) is 0 Å². The van der Waals surface area contributed by atoms with Gasteiger partial charge in [0.25, 0.3) is 0 Å². The van der Waals surface area contributed by atoms with Gasteiger partial charge in [-0.2, -0.15) is 0 Å². The molecule has 0 aliphatic heterocycles. The van der Waals surface area contributed by atoms with Crippen LogP contribution in [-0.2, 0) is 13.2 Å². The third-order valence-electron chi connectivity index (χ3n) is 2.53. The molecule has 0 amide bonds. The van der Waals surface area contributed by atoms with Crippen molar-refractivity contribution in [1.29, 1.82) is 0 Å². The molecule has 0 fully saturated rings. The van der Waals surface area contributed by atoms with E-state index in [2.05, 4.69) is 4.98 Å². The average Bonchev–Trinajstić information content (AvgIpc) is 2.87. The second-order valence-electron chi connectivity index (χ2n) is 3.78. The number of hydrogen-bond donors (Lipinski definition) is 1. The number of imidazole rings is 1. The van der Waals surface area contributed by atoms with Gasteiger partial charge in [-0.25, -0.2) is 4.98 Å². The molecule has 0 atom stereocenters. The molecule has 0 unspecified atom stereocenters. The predicted molar refractivity (Wildman–Crippen MR) is 66.6 cm³/mol. The fraction of sp³-hybridized carbons (Fsp3) is 0.308. The van der Waals surface area contributed by atoms with Crippen LogP contribution in [0.5, 0.6) is 11.5 Å². The van der Waals surface area contributed by atoms with Gasteiger partial charge < -0.3 is 19.1 Å². The number of aliphatic hydroxyl groups is 1. The van der Waals surface area contributed by atoms with Crippen molar-refractivity contribution >= 4 is 0 Å². The maximum absolute atomic E-state index is 8.88. The van der Waals surface area contributed by atoms with E-state index in [1.165, 1.54) is 0 Å². The lowest BCUT2D eigenvalue weighted by atomic mass is 10.3. The lowest BCUT2D eigenvalue weighted by molar-refractivity contribution is 0.276. The van der Waals surface area contributed by atoms with Crippen LogP contribution < -0.4 is 9.47 Å². The van der Waals surface area contributed by atoms with Crippen LogP contribution in [0.15, 0.2) is 36.8 Å². The molecule has 1 heterocycles. The highest BCUT2D eigenvalue weighted by Crippen LogP contribution is 2.16. The van der Waals surface area contributed by atoms with Gasteiger partial charge >= 0.3 is 0 Å². The normalized spacial score (nSPS) is 10.3. The van der Waals surface area contributed by atoms with Gasteiger partial charge in [-0.05, 0) is 24.3 Å². The zero-order valence-electron chi connectivity index (χ0n) is 10.2. The van der Waals surface area contributed by atoms with Gasteiger partial charge in [0.05, 0.1) is 32.3 Å². The van der Waals surface area contributed by atoms with Gasteiger partial charge in [0, 0.05) is 6.20 Å². The molecule has 1 N–H and O–H groups in total. The summed E-state index contributed by atoms with van der Waals surface area (Å²) in [5.41, 5.74) is 0.666. The molecule has 2 aromatic rings. The second kappa shape index (κ2) is 6.07. The van der Waals surface area contributed by atoms with Crippen molar-refractivity contribution in [2.75, 3.05) is 13.7 Å². The number of ether oxygens (including phenoxy) is 2. The van der Waals surface area contributed by atoms with Crippen molar-refractivity contribution in [3.8, 4) is 11.5 Å². The third kappa shape index (κ3) is 3.24. The van der Waals surface area contributed by atoms with E-state index in [4.69, 9.17) is 14.6 Å². The number of aliphatic hydroxyl groups excluding tert-OH is 1. The average molecular weight is 248 g/mol. The fourth-order valence-corrected chi connectivity index (χ4v) is 1.55. The first kappa shape index (κ1) is 12.4. The minimum atomic E-state index is -0.0354. The second-order valence-corrected chi connectivity index (χ2v) is 3.78. The summed E-state index contributed by atoms with van der Waals surface area (Å²) >= 11 is 0. The van der Waals surface area contributed by atoms with Crippen LogP contribution in [-0.4, -0.2) is 28.4 Å². The Morgan fingerprint density at radius 1 is 1.22 bits per heavy atom. The van der Waals surface area contributed by atoms with E-state index in [0.29, 0.717) is 18.8 Å². The number of aromatic nitrogens is 2. The molecular weight excluding hydrogens is 232 g/mol. The van der Waals surface area contributed by atoms with Crippen LogP contribution in [0, 0.1) is 0 Å². The zero-order chi connectivity index (χ0) is 12.8. The van der Waals surface area contributed by atoms with Crippen LogP contribution in [0.3, 0.4) is 0 Å². The SMILES string of the molecule is COc1ccc(OCCn2cnc(CO)c2)cc1. The minimum absolute atomic E-state index is 0.0354. The molecular formula is C13H16N2O3. The van der Waals surface area contributed by atoms with E-state index in [1.807, 2.05) is 28.8 Å². The largest absolute Gasteiger partial charge is 0.497 e. The van der Waals surface area contributed by atoms with Gasteiger partial charge in [0.15, 0.2) is 0 Å². The number of rotatable bonds is 6. The topological polar surface area (TPSA) is 56.5 Å². The van der Waals surface area contributed by atoms with Gasteiger partial charge in [0.2, 0.25) is 0 Å². The van der Waals surface area contributed by atoms with E-state index in [9.17, 15) is 0 Å². The Labute approximate surface area is 106 Å². The summed E-state index contributed by atoms with van der Waals surface area (Å²) in [6.07, 6.45) is 3.49. The Bertz CT molecular complexity index is 479. The zero-order valence-corrected chi connectivity index (χ0v) is 10.2.